The molecule has 0 unspecified atom stereocenters. The summed E-state index contributed by atoms with van der Waals surface area (Å²) in [6, 6.07) is 6.75. The van der Waals surface area contributed by atoms with Gasteiger partial charge in [-0.05, 0) is 32.0 Å². The molecule has 0 atom stereocenters. The summed E-state index contributed by atoms with van der Waals surface area (Å²) in [5.74, 6) is 0.196. The third kappa shape index (κ3) is 4.07. The first-order chi connectivity index (χ1) is 8.19. The molecule has 1 amide bonds. The van der Waals surface area contributed by atoms with Crippen LogP contribution in [0.1, 0.15) is 20.3 Å². The molecule has 1 rings (SSSR count). The molecule has 0 aliphatic heterocycles. The number of likely N-dealkylation sites (N-methyl/N-ethyl adjacent to an activating group) is 1. The predicted molar refractivity (Wildman–Crippen MR) is 69.3 cm³/mol. The van der Waals surface area contributed by atoms with Crippen LogP contribution in [0.5, 0.6) is 5.75 Å². The largest absolute Gasteiger partial charge is 0.508 e. The first-order valence-electron chi connectivity index (χ1n) is 5.99. The number of amides is 1. The molecule has 17 heavy (non-hydrogen) atoms. The van der Waals surface area contributed by atoms with Gasteiger partial charge in [0.05, 0.1) is 6.54 Å². The number of anilines is 1. The number of nitrogens with one attached hydrogen (secondary N) is 1. The number of phenolic OH excluding ortho intramolecular Hbond substituents is 1. The maximum absolute atomic E-state index is 11.9. The van der Waals surface area contributed by atoms with Crippen molar-refractivity contribution in [2.45, 2.75) is 20.3 Å². The van der Waals surface area contributed by atoms with Crippen LogP contribution < -0.4 is 10.2 Å². The van der Waals surface area contributed by atoms with Crippen LogP contribution in [0.3, 0.4) is 0 Å². The predicted octanol–water partition coefficient (Wildman–Crippen LogP) is 1.74. The minimum atomic E-state index is 0.0200. The van der Waals surface area contributed by atoms with Gasteiger partial charge in [-0.3, -0.25) is 4.79 Å². The molecular weight excluding hydrogens is 216 g/mol. The lowest BCUT2D eigenvalue weighted by atomic mass is 10.2. The monoisotopic (exact) mass is 236 g/mol. The molecule has 0 radical (unpaired) electrons. The first-order valence-corrected chi connectivity index (χ1v) is 5.99. The molecule has 0 heterocycles. The molecule has 1 aromatic carbocycles. The van der Waals surface area contributed by atoms with E-state index in [0.29, 0.717) is 13.1 Å². The Balaban J connectivity index is 2.67. The van der Waals surface area contributed by atoms with E-state index in [1.165, 1.54) is 0 Å². The van der Waals surface area contributed by atoms with E-state index in [2.05, 4.69) is 12.2 Å². The first kappa shape index (κ1) is 13.5. The highest BCUT2D eigenvalue weighted by Crippen LogP contribution is 2.19. The Morgan fingerprint density at radius 2 is 2.18 bits per heavy atom. The quantitative estimate of drug-likeness (QED) is 0.740. The van der Waals surface area contributed by atoms with E-state index in [4.69, 9.17) is 0 Å². The van der Waals surface area contributed by atoms with Crippen molar-refractivity contribution < 1.29 is 9.90 Å². The van der Waals surface area contributed by atoms with Crippen molar-refractivity contribution in [3.8, 4) is 5.75 Å². The van der Waals surface area contributed by atoms with Crippen molar-refractivity contribution in [2.24, 2.45) is 0 Å². The van der Waals surface area contributed by atoms with Gasteiger partial charge in [-0.15, -0.1) is 0 Å². The van der Waals surface area contributed by atoms with Gasteiger partial charge in [0, 0.05) is 18.3 Å². The zero-order chi connectivity index (χ0) is 12.7. The van der Waals surface area contributed by atoms with Crippen LogP contribution in [0.4, 0.5) is 5.69 Å². The Kier molecular flexibility index (Phi) is 5.49. The number of carbonyl (C=O) groups excluding carboxylic acids is 1. The number of phenols is 1. The second kappa shape index (κ2) is 6.91. The summed E-state index contributed by atoms with van der Waals surface area (Å²) in [5, 5.41) is 12.5. The van der Waals surface area contributed by atoms with Crippen LogP contribution in [0.25, 0.3) is 0 Å². The fourth-order valence-corrected chi connectivity index (χ4v) is 1.63. The Hall–Kier alpha value is -1.55. The standard InChI is InChI=1S/C13H20N2O2/c1-3-8-14-10-13(17)15(4-2)11-6-5-7-12(16)9-11/h5-7,9,14,16H,3-4,8,10H2,1-2H3. The van der Waals surface area contributed by atoms with E-state index in [1.807, 2.05) is 13.0 Å². The molecule has 0 saturated carbocycles. The van der Waals surface area contributed by atoms with Gasteiger partial charge >= 0.3 is 0 Å². The molecule has 94 valence electrons. The Bertz CT molecular complexity index is 366. The fraction of sp³-hybridized carbons (Fsp3) is 0.462. The Labute approximate surface area is 102 Å². The Morgan fingerprint density at radius 3 is 2.76 bits per heavy atom. The summed E-state index contributed by atoms with van der Waals surface area (Å²) in [7, 11) is 0. The van der Waals surface area contributed by atoms with E-state index < -0.39 is 0 Å². The van der Waals surface area contributed by atoms with Gasteiger partial charge < -0.3 is 15.3 Å². The Morgan fingerprint density at radius 1 is 1.41 bits per heavy atom. The van der Waals surface area contributed by atoms with Crippen molar-refractivity contribution >= 4 is 11.6 Å². The minimum Gasteiger partial charge on any atom is -0.508 e. The topological polar surface area (TPSA) is 52.6 Å². The van der Waals surface area contributed by atoms with Crippen LogP contribution in [0.15, 0.2) is 24.3 Å². The maximum atomic E-state index is 11.9. The second-order valence-electron chi connectivity index (χ2n) is 3.83. The average molecular weight is 236 g/mol. The molecule has 0 aliphatic carbocycles. The zero-order valence-corrected chi connectivity index (χ0v) is 10.4. The lowest BCUT2D eigenvalue weighted by molar-refractivity contribution is -0.117. The van der Waals surface area contributed by atoms with Crippen LogP contribution in [-0.2, 0) is 4.79 Å². The fourth-order valence-electron chi connectivity index (χ4n) is 1.63. The number of benzene rings is 1. The third-order valence-corrected chi connectivity index (χ3v) is 2.46. The van der Waals surface area contributed by atoms with Crippen molar-refractivity contribution in [1.29, 1.82) is 0 Å². The molecule has 4 heteroatoms. The molecule has 0 saturated heterocycles. The highest BCUT2D eigenvalue weighted by atomic mass is 16.3. The number of hydrogen-bond donors (Lipinski definition) is 2. The molecule has 2 N–H and O–H groups in total. The summed E-state index contributed by atoms with van der Waals surface area (Å²) in [6.45, 7) is 5.74. The average Bonchev–Trinajstić information content (AvgIpc) is 2.30. The summed E-state index contributed by atoms with van der Waals surface area (Å²) >= 11 is 0. The molecule has 0 fully saturated rings. The molecule has 0 aliphatic rings. The normalized spacial score (nSPS) is 10.2. The summed E-state index contributed by atoms with van der Waals surface area (Å²) in [6.07, 6.45) is 1.01. The van der Waals surface area contributed by atoms with Gasteiger partial charge in [0.1, 0.15) is 5.75 Å². The highest BCUT2D eigenvalue weighted by molar-refractivity contribution is 5.94. The van der Waals surface area contributed by atoms with E-state index >= 15 is 0 Å². The summed E-state index contributed by atoms with van der Waals surface area (Å²) < 4.78 is 0. The van der Waals surface area contributed by atoms with Gasteiger partial charge in [0.2, 0.25) is 5.91 Å². The zero-order valence-electron chi connectivity index (χ0n) is 10.4. The van der Waals surface area contributed by atoms with Crippen LogP contribution in [0.2, 0.25) is 0 Å². The van der Waals surface area contributed by atoms with Crippen LogP contribution in [-0.4, -0.2) is 30.6 Å². The summed E-state index contributed by atoms with van der Waals surface area (Å²) in [5.41, 5.74) is 0.732. The lowest BCUT2D eigenvalue weighted by Crippen LogP contribution is -2.38. The molecule has 0 bridgehead atoms. The molecule has 0 aromatic heterocycles. The van der Waals surface area contributed by atoms with Gasteiger partial charge in [0.25, 0.3) is 0 Å². The van der Waals surface area contributed by atoms with Gasteiger partial charge in [-0.25, -0.2) is 0 Å². The third-order valence-electron chi connectivity index (χ3n) is 2.46. The van der Waals surface area contributed by atoms with E-state index in [-0.39, 0.29) is 11.7 Å². The summed E-state index contributed by atoms with van der Waals surface area (Å²) in [4.78, 5) is 13.6. The van der Waals surface area contributed by atoms with Crippen molar-refractivity contribution in [2.75, 3.05) is 24.5 Å². The van der Waals surface area contributed by atoms with Crippen molar-refractivity contribution in [3.05, 3.63) is 24.3 Å². The number of nitrogens with zero attached hydrogens (tertiary/aromatic N) is 1. The SMILES string of the molecule is CCCNCC(=O)N(CC)c1cccc(O)c1. The van der Waals surface area contributed by atoms with Gasteiger partial charge in [-0.1, -0.05) is 13.0 Å². The number of carbonyl (C=O) groups is 1. The van der Waals surface area contributed by atoms with E-state index in [1.54, 1.807) is 23.1 Å². The van der Waals surface area contributed by atoms with Gasteiger partial charge in [-0.2, -0.15) is 0 Å². The molecular formula is C13H20N2O2. The lowest BCUT2D eigenvalue weighted by Gasteiger charge is -2.21. The minimum absolute atomic E-state index is 0.0200. The van der Waals surface area contributed by atoms with Crippen LogP contribution >= 0.6 is 0 Å². The molecule has 1 aromatic rings. The van der Waals surface area contributed by atoms with E-state index in [0.717, 1.165) is 18.7 Å². The molecule has 4 nitrogen and oxygen atoms in total. The highest BCUT2D eigenvalue weighted by Gasteiger charge is 2.13. The van der Waals surface area contributed by atoms with E-state index in [9.17, 15) is 9.90 Å². The second-order valence-corrected chi connectivity index (χ2v) is 3.83. The van der Waals surface area contributed by atoms with Gasteiger partial charge in [0.15, 0.2) is 0 Å². The number of rotatable bonds is 6. The van der Waals surface area contributed by atoms with Crippen molar-refractivity contribution in [1.82, 2.24) is 5.32 Å². The number of aromatic hydroxyl groups is 1. The number of hydrogen-bond acceptors (Lipinski definition) is 3. The van der Waals surface area contributed by atoms with Crippen LogP contribution in [0, 0.1) is 0 Å². The maximum Gasteiger partial charge on any atom is 0.240 e. The smallest absolute Gasteiger partial charge is 0.240 e. The van der Waals surface area contributed by atoms with Crippen molar-refractivity contribution in [3.63, 3.8) is 0 Å². The molecule has 0 spiro atoms.